The molecule has 0 fully saturated rings. The highest BCUT2D eigenvalue weighted by Gasteiger charge is 2.55. The Labute approximate surface area is 685 Å². The van der Waals surface area contributed by atoms with E-state index in [4.69, 9.17) is 15.0 Å². The van der Waals surface area contributed by atoms with Gasteiger partial charge in [-0.1, -0.05) is 164 Å². The number of nitrogens with zero attached hydrogens (tertiary/aromatic N) is 17. The van der Waals surface area contributed by atoms with Crippen LogP contribution in [0.2, 0.25) is 0 Å². The van der Waals surface area contributed by atoms with Crippen LogP contribution in [0.25, 0.3) is 134 Å². The summed E-state index contributed by atoms with van der Waals surface area (Å²) in [4.78, 5) is 34.4. The lowest BCUT2D eigenvalue weighted by Crippen LogP contribution is -2.51. The second-order valence-corrected chi connectivity index (χ2v) is 31.2. The van der Waals surface area contributed by atoms with Crippen molar-refractivity contribution in [2.45, 2.75) is 0 Å². The summed E-state index contributed by atoms with van der Waals surface area (Å²) >= 11 is 0. The highest BCUT2D eigenvalue weighted by Crippen LogP contribution is 2.58. The molecular weight excluding hydrogens is 1470 g/mol. The average molecular weight is 1540 g/mol. The Morgan fingerprint density at radius 2 is 0.542 bits per heavy atom. The van der Waals surface area contributed by atoms with Gasteiger partial charge in [-0.2, -0.15) is 8.97 Å². The van der Waals surface area contributed by atoms with Gasteiger partial charge in [0.05, 0.1) is 112 Å². The number of para-hydroxylation sites is 21. The number of benzene rings is 16. The van der Waals surface area contributed by atoms with E-state index < -0.39 is 0 Å². The molecular formula is C100H65B2N18+. The highest BCUT2D eigenvalue weighted by atomic mass is 15.5. The first kappa shape index (κ1) is 64.9. The molecule has 0 atom stereocenters. The minimum Gasteiger partial charge on any atom is -0.344 e. The molecule has 4 aliphatic rings. The monoisotopic (exact) mass is 1540 g/mol. The van der Waals surface area contributed by atoms with Crippen LogP contribution in [-0.4, -0.2) is 65.5 Å². The number of fused-ring (bicyclic) bond motifs is 30. The third-order valence-corrected chi connectivity index (χ3v) is 25.0. The Morgan fingerprint density at radius 1 is 0.217 bits per heavy atom. The Morgan fingerprint density at radius 3 is 1.02 bits per heavy atom. The van der Waals surface area contributed by atoms with E-state index in [1.54, 1.807) is 0 Å². The zero-order valence-electron chi connectivity index (χ0n) is 64.2. The number of nitrogens with one attached hydrogen (secondary N) is 1. The summed E-state index contributed by atoms with van der Waals surface area (Å²) in [6.45, 7) is 0. The lowest BCUT2D eigenvalue weighted by Gasteiger charge is -2.31. The molecule has 0 amide bonds. The number of anilines is 12. The Kier molecular flexibility index (Phi) is 13.3. The topological polar surface area (TPSA) is 110 Å². The maximum atomic E-state index is 5.28. The molecule has 0 spiro atoms. The van der Waals surface area contributed by atoms with Crippen LogP contribution < -0.4 is 33.4 Å². The van der Waals surface area contributed by atoms with Gasteiger partial charge in [0.15, 0.2) is 0 Å². The van der Waals surface area contributed by atoms with Gasteiger partial charge >= 0.3 is 20.0 Å². The van der Waals surface area contributed by atoms with Crippen LogP contribution in [0.4, 0.5) is 68.2 Å². The van der Waals surface area contributed by atoms with Crippen LogP contribution in [0.3, 0.4) is 0 Å². The van der Waals surface area contributed by atoms with E-state index in [2.05, 4.69) is 458 Å². The molecule has 0 saturated heterocycles. The van der Waals surface area contributed by atoms with Crippen molar-refractivity contribution in [1.29, 1.82) is 0 Å². The number of hydrogen-bond acceptors (Lipinski definition) is 9. The molecule has 1 N–H and O–H groups in total. The van der Waals surface area contributed by atoms with Gasteiger partial charge in [0.1, 0.15) is 27.8 Å². The van der Waals surface area contributed by atoms with E-state index >= 15 is 0 Å². The Balaban J connectivity index is 0.000000127. The van der Waals surface area contributed by atoms with E-state index in [-0.39, 0.29) is 14.2 Å². The number of rotatable bonds is 8. The van der Waals surface area contributed by atoms with Crippen molar-refractivity contribution in [3.8, 4) is 22.7 Å². The minimum absolute atomic E-state index is 0.143. The third-order valence-electron chi connectivity index (χ3n) is 25.0. The van der Waals surface area contributed by atoms with E-state index in [0.717, 1.165) is 180 Å². The molecule has 4 aliphatic heterocycles. The fourth-order valence-corrected chi connectivity index (χ4v) is 20.1. The zero-order valence-corrected chi connectivity index (χ0v) is 64.2. The molecule has 0 bridgehead atoms. The van der Waals surface area contributed by atoms with E-state index in [9.17, 15) is 0 Å². The summed E-state index contributed by atoms with van der Waals surface area (Å²) in [6, 6.07) is 139. The lowest BCUT2D eigenvalue weighted by molar-refractivity contribution is -0.540. The fraction of sp³-hybridized carbons (Fsp3) is 0. The second kappa shape index (κ2) is 24.5. The van der Waals surface area contributed by atoms with Gasteiger partial charge in [-0.05, 0) is 224 Å². The fourth-order valence-electron chi connectivity index (χ4n) is 20.1. The molecule has 16 aromatic carbocycles. The van der Waals surface area contributed by atoms with Crippen molar-refractivity contribution in [2.24, 2.45) is 0 Å². The summed E-state index contributed by atoms with van der Waals surface area (Å²) < 4.78 is 18.4. The molecule has 28 rings (SSSR count). The van der Waals surface area contributed by atoms with Crippen LogP contribution in [-0.2, 0) is 0 Å². The van der Waals surface area contributed by atoms with Gasteiger partial charge in [0, 0.05) is 39.8 Å². The Hall–Kier alpha value is -16.5. The first-order valence-electron chi connectivity index (χ1n) is 40.7. The SMILES string of the molecule is c1ccc(-n2c3ccccc3n3c4cc(N5B6N(c7ccc8nc9n(-c%10ccccc%10)c%10ccccc%10n9c8c7)c7ccccc7N6c6ccccc65)ccc4nc23)cc1.c1ccc(N2B3N(c4ccc5c(c4)n4c6ccccc6nc4n5-c4ccc(-[n+]5c6ccccc6n6c7ccccc7[nH]c65)cc4)c4ccccc4N3c3ccccc32)cc1. The number of aromatic nitrogens is 12. The number of H-pyrrole nitrogens is 1. The van der Waals surface area contributed by atoms with Crippen molar-refractivity contribution in [1.82, 2.24) is 51.2 Å². The number of aromatic amines is 1. The van der Waals surface area contributed by atoms with Crippen molar-refractivity contribution in [3.63, 3.8) is 0 Å². The van der Waals surface area contributed by atoms with Crippen molar-refractivity contribution in [2.75, 3.05) is 28.9 Å². The van der Waals surface area contributed by atoms with Crippen molar-refractivity contribution in [3.05, 3.63) is 388 Å². The minimum atomic E-state index is -0.224. The highest BCUT2D eigenvalue weighted by molar-refractivity contribution is 6.81. The first-order chi connectivity index (χ1) is 59.6. The molecule has 560 valence electrons. The largest absolute Gasteiger partial charge is 0.519 e. The van der Waals surface area contributed by atoms with Crippen molar-refractivity contribution < 1.29 is 4.57 Å². The zero-order chi connectivity index (χ0) is 78.1. The summed E-state index contributed by atoms with van der Waals surface area (Å²) in [5, 5.41) is 0. The van der Waals surface area contributed by atoms with Crippen molar-refractivity contribution >= 4 is 194 Å². The van der Waals surface area contributed by atoms with E-state index in [1.165, 1.54) is 22.7 Å². The Bertz CT molecular complexity index is 8150. The molecule has 0 saturated carbocycles. The van der Waals surface area contributed by atoms with Crippen LogP contribution in [0.5, 0.6) is 0 Å². The predicted octanol–water partition coefficient (Wildman–Crippen LogP) is 22.6. The van der Waals surface area contributed by atoms with Gasteiger partial charge < -0.3 is 28.9 Å². The van der Waals surface area contributed by atoms with Crippen LogP contribution in [0.1, 0.15) is 0 Å². The molecule has 12 heterocycles. The third kappa shape index (κ3) is 8.90. The molecule has 24 aromatic rings. The summed E-state index contributed by atoms with van der Waals surface area (Å²) in [5.74, 6) is 3.67. The summed E-state index contributed by atoms with van der Waals surface area (Å²) in [5.41, 5.74) is 35.3. The van der Waals surface area contributed by atoms with Gasteiger partial charge in [0.2, 0.25) is 17.3 Å². The van der Waals surface area contributed by atoms with Gasteiger partial charge in [-0.15, -0.1) is 0 Å². The van der Waals surface area contributed by atoms with Gasteiger partial charge in [0.25, 0.3) is 0 Å². The lowest BCUT2D eigenvalue weighted by atomic mass is 9.86. The molecule has 18 nitrogen and oxygen atoms in total. The van der Waals surface area contributed by atoms with E-state index in [0.29, 0.717) is 0 Å². The maximum absolute atomic E-state index is 5.28. The smallest absolute Gasteiger partial charge is 0.344 e. The summed E-state index contributed by atoms with van der Waals surface area (Å²) in [7, 11) is -0.367. The van der Waals surface area contributed by atoms with E-state index in [1.807, 2.05) is 0 Å². The average Bonchev–Trinajstić information content (AvgIpc) is 1.56. The number of hydrogen-bond donors (Lipinski definition) is 1. The van der Waals surface area contributed by atoms with Gasteiger partial charge in [-0.3, -0.25) is 26.9 Å². The number of imidazole rings is 8. The normalized spacial score (nSPS) is 13.5. The quantitative estimate of drug-likeness (QED) is 0.117. The molecule has 0 unspecified atom stereocenters. The second-order valence-electron chi connectivity index (χ2n) is 31.2. The van der Waals surface area contributed by atoms with Crippen LogP contribution >= 0.6 is 0 Å². The van der Waals surface area contributed by atoms with Crippen LogP contribution in [0.15, 0.2) is 388 Å². The summed E-state index contributed by atoms with van der Waals surface area (Å²) in [6.07, 6.45) is 0. The maximum Gasteiger partial charge on any atom is 0.519 e. The first-order valence-corrected chi connectivity index (χ1v) is 40.7. The van der Waals surface area contributed by atoms with Gasteiger partial charge in [-0.25, -0.2) is 19.9 Å². The van der Waals surface area contributed by atoms with Crippen LogP contribution in [0, 0.1) is 0 Å². The predicted molar refractivity (Wildman–Crippen MR) is 487 cm³/mol. The molecule has 120 heavy (non-hydrogen) atoms. The standard InChI is InChI=1S/2C50H32BN9/c1-3-15-33(16-4-1)54-39-19-7-9-21-41(39)56-47-31-35(27-29-37(47)52-49(54)56)58-43-23-11-13-25-45(43)60-46-26-14-12-24-44(46)59(51(58)60)36-28-30-38-48(32-36)57-42-22-10-8-20-40(42)55(50(57)53-38)34-17-5-2-6-18-34;1-2-14-35(15-3-1)58-44-22-10-12-24-46(44)60-47-25-13-11-23-45(47)59(51(58)60)36-30-31-43-48(32-36)57-40-19-7-5-17-38(40)53-50(57)55(43)34-28-26-33(27-29-34)54-41-20-8-9-21-42(41)56-39-18-6-4-16-37(39)52-49(54)56/h2*1-32H/p+1. The molecule has 0 radical (unpaired) electrons. The molecule has 0 aliphatic carbocycles. The molecule has 20 heteroatoms. The molecule has 8 aromatic heterocycles.